The molecule has 0 aliphatic heterocycles. The molecule has 1 unspecified atom stereocenters. The van der Waals surface area contributed by atoms with Crippen LogP contribution in [0.15, 0.2) is 36.7 Å². The zero-order valence-corrected chi connectivity index (χ0v) is 12.1. The summed E-state index contributed by atoms with van der Waals surface area (Å²) in [7, 11) is 1.66. The van der Waals surface area contributed by atoms with Gasteiger partial charge in [0.15, 0.2) is 0 Å². The van der Waals surface area contributed by atoms with E-state index in [4.69, 9.17) is 4.74 Å². The first-order chi connectivity index (χ1) is 9.75. The van der Waals surface area contributed by atoms with E-state index in [0.717, 1.165) is 25.1 Å². The molecule has 0 amide bonds. The quantitative estimate of drug-likeness (QED) is 0.843. The lowest BCUT2D eigenvalue weighted by Gasteiger charge is -2.13. The molecule has 0 aliphatic carbocycles. The first-order valence-corrected chi connectivity index (χ1v) is 7.00. The third kappa shape index (κ3) is 3.84. The molecule has 1 atom stereocenters. The Balaban J connectivity index is 1.97. The smallest absolute Gasteiger partial charge is 0.118 e. The second-order valence-electron chi connectivity index (χ2n) is 5.01. The van der Waals surface area contributed by atoms with Gasteiger partial charge in [0.25, 0.3) is 0 Å². The SMILES string of the molecule is CCn1cc(CC(CO)Cc2ccc(OC)cc2)cn1. The zero-order chi connectivity index (χ0) is 14.4. The number of aliphatic hydroxyl groups excluding tert-OH is 1. The molecular formula is C16H22N2O2. The lowest BCUT2D eigenvalue weighted by molar-refractivity contribution is 0.225. The highest BCUT2D eigenvalue weighted by Gasteiger charge is 2.11. The Morgan fingerprint density at radius 3 is 2.45 bits per heavy atom. The number of aliphatic hydroxyl groups is 1. The fraction of sp³-hybridized carbons (Fsp3) is 0.438. The van der Waals surface area contributed by atoms with Gasteiger partial charge in [-0.05, 0) is 48.9 Å². The van der Waals surface area contributed by atoms with Gasteiger partial charge in [0.1, 0.15) is 5.75 Å². The standard InChI is InChI=1S/C16H22N2O2/c1-3-18-11-15(10-17-18)9-14(12-19)8-13-4-6-16(20-2)7-5-13/h4-7,10-11,14,19H,3,8-9,12H2,1-2H3. The molecule has 0 saturated heterocycles. The van der Waals surface area contributed by atoms with Crippen LogP contribution in [-0.2, 0) is 19.4 Å². The van der Waals surface area contributed by atoms with E-state index in [9.17, 15) is 5.11 Å². The van der Waals surface area contributed by atoms with Gasteiger partial charge in [0.2, 0.25) is 0 Å². The van der Waals surface area contributed by atoms with E-state index < -0.39 is 0 Å². The number of hydrogen-bond donors (Lipinski definition) is 1. The maximum atomic E-state index is 9.56. The maximum absolute atomic E-state index is 9.56. The molecule has 1 heterocycles. The average molecular weight is 274 g/mol. The summed E-state index contributed by atoms with van der Waals surface area (Å²) in [5, 5.41) is 13.8. The number of ether oxygens (including phenoxy) is 1. The lowest BCUT2D eigenvalue weighted by Crippen LogP contribution is -2.12. The van der Waals surface area contributed by atoms with Gasteiger partial charge >= 0.3 is 0 Å². The molecule has 108 valence electrons. The summed E-state index contributed by atoms with van der Waals surface area (Å²) in [5.74, 6) is 1.08. The van der Waals surface area contributed by atoms with Gasteiger partial charge in [-0.3, -0.25) is 4.68 Å². The molecular weight excluding hydrogens is 252 g/mol. The minimum Gasteiger partial charge on any atom is -0.497 e. The van der Waals surface area contributed by atoms with Crippen LogP contribution in [0, 0.1) is 5.92 Å². The van der Waals surface area contributed by atoms with Crippen molar-refractivity contribution in [2.45, 2.75) is 26.3 Å². The summed E-state index contributed by atoms with van der Waals surface area (Å²) in [6, 6.07) is 8.02. The summed E-state index contributed by atoms with van der Waals surface area (Å²) >= 11 is 0. The topological polar surface area (TPSA) is 47.3 Å². The Morgan fingerprint density at radius 2 is 1.90 bits per heavy atom. The van der Waals surface area contributed by atoms with Gasteiger partial charge in [-0.15, -0.1) is 0 Å². The van der Waals surface area contributed by atoms with Crippen LogP contribution < -0.4 is 4.74 Å². The number of nitrogens with zero attached hydrogens (tertiary/aromatic N) is 2. The van der Waals surface area contributed by atoms with Crippen molar-refractivity contribution < 1.29 is 9.84 Å². The fourth-order valence-electron chi connectivity index (χ4n) is 2.31. The van der Waals surface area contributed by atoms with Crippen molar-refractivity contribution in [3.63, 3.8) is 0 Å². The first kappa shape index (κ1) is 14.6. The predicted molar refractivity (Wildman–Crippen MR) is 78.9 cm³/mol. The largest absolute Gasteiger partial charge is 0.497 e. The van der Waals surface area contributed by atoms with Gasteiger partial charge in [-0.1, -0.05) is 12.1 Å². The third-order valence-electron chi connectivity index (χ3n) is 3.48. The van der Waals surface area contributed by atoms with Crippen LogP contribution in [0.5, 0.6) is 5.75 Å². The highest BCUT2D eigenvalue weighted by Crippen LogP contribution is 2.17. The number of methoxy groups -OCH3 is 1. The third-order valence-corrected chi connectivity index (χ3v) is 3.48. The highest BCUT2D eigenvalue weighted by atomic mass is 16.5. The Morgan fingerprint density at radius 1 is 1.20 bits per heavy atom. The van der Waals surface area contributed by atoms with Crippen molar-refractivity contribution in [2.75, 3.05) is 13.7 Å². The van der Waals surface area contributed by atoms with Crippen LogP contribution in [0.4, 0.5) is 0 Å². The monoisotopic (exact) mass is 274 g/mol. The van der Waals surface area contributed by atoms with Gasteiger partial charge in [-0.2, -0.15) is 5.10 Å². The van der Waals surface area contributed by atoms with Crippen LogP contribution in [0.3, 0.4) is 0 Å². The minimum atomic E-state index is 0.184. The van der Waals surface area contributed by atoms with E-state index in [1.807, 2.05) is 23.0 Å². The van der Waals surface area contributed by atoms with Crippen molar-refractivity contribution in [1.29, 1.82) is 0 Å². The van der Waals surface area contributed by atoms with Crippen molar-refractivity contribution in [3.05, 3.63) is 47.8 Å². The Bertz CT molecular complexity index is 520. The molecule has 0 spiro atoms. The van der Waals surface area contributed by atoms with Crippen LogP contribution >= 0.6 is 0 Å². The molecule has 2 rings (SSSR count). The van der Waals surface area contributed by atoms with Crippen molar-refractivity contribution >= 4 is 0 Å². The summed E-state index contributed by atoms with van der Waals surface area (Å²) in [6.45, 7) is 3.13. The molecule has 1 aromatic heterocycles. The number of benzene rings is 1. The number of aromatic nitrogens is 2. The molecule has 4 nitrogen and oxygen atoms in total. The summed E-state index contributed by atoms with van der Waals surface area (Å²) in [4.78, 5) is 0. The predicted octanol–water partition coefficient (Wildman–Crippen LogP) is 2.31. The molecule has 0 fully saturated rings. The number of aryl methyl sites for hydroxylation is 1. The van der Waals surface area contributed by atoms with E-state index in [-0.39, 0.29) is 12.5 Å². The Hall–Kier alpha value is -1.81. The normalized spacial score (nSPS) is 12.3. The van der Waals surface area contributed by atoms with Crippen LogP contribution in [0.1, 0.15) is 18.1 Å². The molecule has 0 radical (unpaired) electrons. The van der Waals surface area contributed by atoms with E-state index >= 15 is 0 Å². The van der Waals surface area contributed by atoms with Crippen LogP contribution in [0.2, 0.25) is 0 Å². The second-order valence-corrected chi connectivity index (χ2v) is 5.01. The average Bonchev–Trinajstić information content (AvgIpc) is 2.95. The van der Waals surface area contributed by atoms with Gasteiger partial charge < -0.3 is 9.84 Å². The Labute approximate surface area is 120 Å². The maximum Gasteiger partial charge on any atom is 0.118 e. The van der Waals surface area contributed by atoms with Crippen molar-refractivity contribution in [1.82, 2.24) is 9.78 Å². The zero-order valence-electron chi connectivity index (χ0n) is 12.1. The van der Waals surface area contributed by atoms with Crippen molar-refractivity contribution in [3.8, 4) is 5.75 Å². The number of hydrogen-bond acceptors (Lipinski definition) is 3. The summed E-state index contributed by atoms with van der Waals surface area (Å²) < 4.78 is 7.06. The van der Waals surface area contributed by atoms with E-state index in [0.29, 0.717) is 0 Å². The molecule has 1 N–H and O–H groups in total. The van der Waals surface area contributed by atoms with E-state index in [1.54, 1.807) is 7.11 Å². The lowest BCUT2D eigenvalue weighted by atomic mass is 9.94. The van der Waals surface area contributed by atoms with Gasteiger partial charge in [0.05, 0.1) is 13.3 Å². The first-order valence-electron chi connectivity index (χ1n) is 7.00. The van der Waals surface area contributed by atoms with Gasteiger partial charge in [-0.25, -0.2) is 0 Å². The molecule has 1 aromatic carbocycles. The molecule has 0 aliphatic rings. The molecule has 0 saturated carbocycles. The van der Waals surface area contributed by atoms with Crippen molar-refractivity contribution in [2.24, 2.45) is 5.92 Å². The molecule has 0 bridgehead atoms. The van der Waals surface area contributed by atoms with Crippen LogP contribution in [0.25, 0.3) is 0 Å². The van der Waals surface area contributed by atoms with E-state index in [1.165, 1.54) is 11.1 Å². The van der Waals surface area contributed by atoms with Gasteiger partial charge in [0, 0.05) is 19.3 Å². The minimum absolute atomic E-state index is 0.184. The van der Waals surface area contributed by atoms with E-state index in [2.05, 4.69) is 30.4 Å². The van der Waals surface area contributed by atoms with Crippen LogP contribution in [-0.4, -0.2) is 28.6 Å². The number of rotatable bonds is 7. The Kier molecular flexibility index (Phi) is 5.18. The highest BCUT2D eigenvalue weighted by molar-refractivity contribution is 5.27. The fourth-order valence-corrected chi connectivity index (χ4v) is 2.31. The molecule has 20 heavy (non-hydrogen) atoms. The summed E-state index contributed by atoms with van der Waals surface area (Å²) in [6.07, 6.45) is 5.65. The summed E-state index contributed by atoms with van der Waals surface area (Å²) in [5.41, 5.74) is 2.40. The second kappa shape index (κ2) is 7.10. The molecule has 2 aromatic rings. The molecule has 4 heteroatoms.